The van der Waals surface area contributed by atoms with Crippen LogP contribution in [0.5, 0.6) is 5.75 Å². The van der Waals surface area contributed by atoms with E-state index in [-0.39, 0.29) is 37.6 Å². The lowest BCUT2D eigenvalue weighted by Gasteiger charge is -2.24. The van der Waals surface area contributed by atoms with E-state index < -0.39 is 18.0 Å². The second kappa shape index (κ2) is 15.0. The maximum Gasteiger partial charge on any atom is 0.238 e. The fourth-order valence-corrected chi connectivity index (χ4v) is 4.56. The third-order valence-electron chi connectivity index (χ3n) is 6.63. The van der Waals surface area contributed by atoms with Crippen molar-refractivity contribution in [3.05, 3.63) is 77.9 Å². The number of carbonyl (C=O) groups excluding carboxylic acids is 3. The number of Topliss-reactive ketones (excluding diaryl/α,β-unsaturated/α-hetero) is 1. The molecule has 0 saturated heterocycles. The summed E-state index contributed by atoms with van der Waals surface area (Å²) in [6, 6.07) is 19.5. The van der Waals surface area contributed by atoms with Crippen molar-refractivity contribution in [3.8, 4) is 5.75 Å². The first-order chi connectivity index (χ1) is 18.9. The number of ketones is 1. The second-order valence-electron chi connectivity index (χ2n) is 9.52. The Labute approximate surface area is 229 Å². The minimum Gasteiger partial charge on any atom is -0.496 e. The van der Waals surface area contributed by atoms with Gasteiger partial charge in [0.05, 0.1) is 25.6 Å². The minimum atomic E-state index is -1.11. The molecule has 0 bridgehead atoms. The molecule has 2 amide bonds. The van der Waals surface area contributed by atoms with Gasteiger partial charge in [0.25, 0.3) is 0 Å². The van der Waals surface area contributed by atoms with Crippen molar-refractivity contribution in [1.29, 1.82) is 0 Å². The van der Waals surface area contributed by atoms with E-state index in [9.17, 15) is 14.4 Å². The SMILES string of the molecule is COc1cc(CC(=O)[C@H](CCc2ccccc2)NC(=O)[C@@H](N)CC(=O)N(CCN)CCN)cc2ccccc12. The molecule has 0 radical (unpaired) electrons. The summed E-state index contributed by atoms with van der Waals surface area (Å²) in [7, 11) is 1.60. The highest BCUT2D eigenvalue weighted by molar-refractivity contribution is 5.95. The Balaban J connectivity index is 1.75. The zero-order chi connectivity index (χ0) is 28.2. The number of nitrogens with two attached hydrogens (primary N) is 3. The number of nitrogens with zero attached hydrogens (tertiary/aromatic N) is 1. The molecule has 0 spiro atoms. The van der Waals surface area contributed by atoms with Crippen molar-refractivity contribution in [2.24, 2.45) is 17.2 Å². The van der Waals surface area contributed by atoms with Crippen molar-refractivity contribution in [2.45, 2.75) is 37.8 Å². The molecule has 3 rings (SSSR count). The van der Waals surface area contributed by atoms with Crippen molar-refractivity contribution < 1.29 is 19.1 Å². The van der Waals surface area contributed by atoms with Crippen LogP contribution in [0, 0.1) is 0 Å². The normalized spacial score (nSPS) is 12.5. The van der Waals surface area contributed by atoms with Gasteiger partial charge in [0.2, 0.25) is 11.8 Å². The number of benzene rings is 3. The molecule has 2 atom stereocenters. The Morgan fingerprint density at radius 1 is 0.923 bits per heavy atom. The largest absolute Gasteiger partial charge is 0.496 e. The van der Waals surface area contributed by atoms with Gasteiger partial charge >= 0.3 is 0 Å². The van der Waals surface area contributed by atoms with Crippen LogP contribution in [0.15, 0.2) is 66.7 Å². The molecule has 3 aromatic carbocycles. The van der Waals surface area contributed by atoms with Crippen LogP contribution in [-0.4, -0.2) is 67.9 Å². The minimum absolute atomic E-state index is 0.107. The Bertz CT molecular complexity index is 1240. The number of nitrogens with one attached hydrogen (secondary N) is 1. The molecule has 0 aromatic heterocycles. The van der Waals surface area contributed by atoms with Crippen molar-refractivity contribution >= 4 is 28.4 Å². The Hall–Kier alpha value is -3.79. The zero-order valence-corrected chi connectivity index (χ0v) is 22.5. The van der Waals surface area contributed by atoms with Crippen LogP contribution in [0.2, 0.25) is 0 Å². The number of hydrogen-bond acceptors (Lipinski definition) is 7. The van der Waals surface area contributed by atoms with Gasteiger partial charge in [-0.2, -0.15) is 0 Å². The molecule has 9 heteroatoms. The van der Waals surface area contributed by atoms with Gasteiger partial charge in [-0.1, -0.05) is 60.7 Å². The van der Waals surface area contributed by atoms with E-state index in [0.29, 0.717) is 31.7 Å². The number of amides is 2. The molecule has 0 aliphatic carbocycles. The van der Waals surface area contributed by atoms with Crippen LogP contribution in [-0.2, 0) is 27.2 Å². The molecule has 0 unspecified atom stereocenters. The first kappa shape index (κ1) is 29.8. The summed E-state index contributed by atoms with van der Waals surface area (Å²) < 4.78 is 5.55. The first-order valence-electron chi connectivity index (χ1n) is 13.2. The molecule has 0 saturated carbocycles. The first-order valence-corrected chi connectivity index (χ1v) is 13.2. The monoisotopic (exact) mass is 533 g/mol. The van der Waals surface area contributed by atoms with Gasteiger partial charge < -0.3 is 32.2 Å². The van der Waals surface area contributed by atoms with Crippen LogP contribution in [0.3, 0.4) is 0 Å². The summed E-state index contributed by atoms with van der Waals surface area (Å²) in [6.45, 7) is 1.22. The number of carbonyl (C=O) groups is 3. The topological polar surface area (TPSA) is 154 Å². The number of hydrogen-bond donors (Lipinski definition) is 4. The van der Waals surface area contributed by atoms with Crippen molar-refractivity contribution in [2.75, 3.05) is 33.3 Å². The van der Waals surface area contributed by atoms with Gasteiger partial charge in [-0.25, -0.2) is 0 Å². The highest BCUT2D eigenvalue weighted by Gasteiger charge is 2.26. The van der Waals surface area contributed by atoms with Crippen molar-refractivity contribution in [3.63, 3.8) is 0 Å². The third kappa shape index (κ3) is 8.61. The van der Waals surface area contributed by atoms with Crippen LogP contribution in [0.25, 0.3) is 10.8 Å². The lowest BCUT2D eigenvalue weighted by Crippen LogP contribution is -2.51. The maximum atomic E-state index is 13.5. The molecule has 0 aliphatic rings. The van der Waals surface area contributed by atoms with E-state index in [1.807, 2.05) is 66.7 Å². The summed E-state index contributed by atoms with van der Waals surface area (Å²) in [6.07, 6.45) is 0.892. The third-order valence-corrected chi connectivity index (χ3v) is 6.63. The van der Waals surface area contributed by atoms with Crippen molar-refractivity contribution in [1.82, 2.24) is 10.2 Å². The fourth-order valence-electron chi connectivity index (χ4n) is 4.56. The number of methoxy groups -OCH3 is 1. The molecular formula is C30H39N5O4. The lowest BCUT2D eigenvalue weighted by molar-refractivity contribution is -0.134. The zero-order valence-electron chi connectivity index (χ0n) is 22.5. The molecule has 7 N–H and O–H groups in total. The van der Waals surface area contributed by atoms with E-state index in [0.717, 1.165) is 21.9 Å². The van der Waals surface area contributed by atoms with E-state index >= 15 is 0 Å². The highest BCUT2D eigenvalue weighted by atomic mass is 16.5. The summed E-state index contributed by atoms with van der Waals surface area (Å²) in [5, 5.41) is 4.74. The lowest BCUT2D eigenvalue weighted by atomic mass is 9.96. The van der Waals surface area contributed by atoms with Gasteiger partial charge in [0.15, 0.2) is 5.78 Å². The van der Waals surface area contributed by atoms with Crippen LogP contribution in [0.1, 0.15) is 24.0 Å². The molecule has 0 heterocycles. The average molecular weight is 534 g/mol. The predicted octanol–water partition coefficient (Wildman–Crippen LogP) is 1.54. The van der Waals surface area contributed by atoms with E-state index in [2.05, 4.69) is 5.32 Å². The van der Waals surface area contributed by atoms with Gasteiger partial charge in [-0.15, -0.1) is 0 Å². The summed E-state index contributed by atoms with van der Waals surface area (Å²) >= 11 is 0. The predicted molar refractivity (Wildman–Crippen MR) is 153 cm³/mol. The van der Waals surface area contributed by atoms with Crippen LogP contribution < -0.4 is 27.3 Å². The number of fused-ring (bicyclic) bond motifs is 1. The quantitative estimate of drug-likeness (QED) is 0.231. The molecule has 9 nitrogen and oxygen atoms in total. The highest BCUT2D eigenvalue weighted by Crippen LogP contribution is 2.28. The Morgan fingerprint density at radius 3 is 2.26 bits per heavy atom. The number of ether oxygens (including phenoxy) is 1. The standard InChI is InChI=1S/C30H39N5O4/c1-39-28-19-22(17-23-9-5-6-10-24(23)28)18-27(36)26(12-11-21-7-3-2-4-8-21)34-30(38)25(33)20-29(37)35(15-13-31)16-14-32/h2-10,17,19,25-26H,11-16,18,20,31-33H2,1H3,(H,34,38)/t25-,26-/m0/s1. The molecular weight excluding hydrogens is 494 g/mol. The molecule has 39 heavy (non-hydrogen) atoms. The summed E-state index contributed by atoms with van der Waals surface area (Å²) in [4.78, 5) is 40.7. The summed E-state index contributed by atoms with van der Waals surface area (Å²) in [5.74, 6) is -0.320. The second-order valence-corrected chi connectivity index (χ2v) is 9.52. The molecule has 3 aromatic rings. The van der Waals surface area contributed by atoms with E-state index in [1.165, 1.54) is 4.90 Å². The van der Waals surface area contributed by atoms with E-state index in [1.54, 1.807) is 7.11 Å². The van der Waals surface area contributed by atoms with Crippen LogP contribution >= 0.6 is 0 Å². The smallest absolute Gasteiger partial charge is 0.238 e. The van der Waals surface area contributed by atoms with Gasteiger partial charge in [0, 0.05) is 38.0 Å². The fraction of sp³-hybridized carbons (Fsp3) is 0.367. The van der Waals surface area contributed by atoms with Gasteiger partial charge in [-0.3, -0.25) is 14.4 Å². The number of rotatable bonds is 15. The molecule has 208 valence electrons. The Morgan fingerprint density at radius 2 is 1.59 bits per heavy atom. The van der Waals surface area contributed by atoms with E-state index in [4.69, 9.17) is 21.9 Å². The summed E-state index contributed by atoms with van der Waals surface area (Å²) in [5.41, 5.74) is 19.1. The number of aryl methyl sites for hydroxylation is 1. The molecule has 0 aliphatic heterocycles. The maximum absolute atomic E-state index is 13.5. The van der Waals surface area contributed by atoms with Crippen LogP contribution in [0.4, 0.5) is 0 Å². The molecule has 0 fully saturated rings. The average Bonchev–Trinajstić information content (AvgIpc) is 2.94. The Kier molecular flexibility index (Phi) is 11.4. The van der Waals surface area contributed by atoms with Gasteiger partial charge in [0.1, 0.15) is 5.75 Å². The van der Waals surface area contributed by atoms with Gasteiger partial charge in [-0.05, 0) is 35.4 Å².